The third kappa shape index (κ3) is 37.9. The Hall–Kier alpha value is 1.98. The maximum atomic E-state index is 4.70. The van der Waals surface area contributed by atoms with Crippen molar-refractivity contribution in [1.29, 1.82) is 0 Å². The van der Waals surface area contributed by atoms with E-state index in [4.69, 9.17) is 49.7 Å². The van der Waals surface area contributed by atoms with E-state index in [2.05, 4.69) is 60.3 Å². The van der Waals surface area contributed by atoms with Gasteiger partial charge in [-0.05, 0) is 25.7 Å². The summed E-state index contributed by atoms with van der Waals surface area (Å²) in [5.41, 5.74) is 0. The first kappa shape index (κ1) is 31.7. The normalized spacial score (nSPS) is 8.00. The zero-order valence-corrected chi connectivity index (χ0v) is 22.3. The Morgan fingerprint density at radius 3 is 1.14 bits per heavy atom. The van der Waals surface area contributed by atoms with Gasteiger partial charge in [0.1, 0.15) is 0 Å². The molecule has 0 aromatic rings. The van der Waals surface area contributed by atoms with Gasteiger partial charge in [-0.3, -0.25) is 0 Å². The Morgan fingerprint density at radius 2 is 0.955 bits per heavy atom. The molecule has 1 radical (unpaired) electrons. The zero-order valence-electron chi connectivity index (χ0n) is 11.6. The molecule has 2 nitrogen and oxygen atoms in total. The summed E-state index contributed by atoms with van der Waals surface area (Å²) in [6.07, 6.45) is 3.41. The van der Waals surface area contributed by atoms with Crippen molar-refractivity contribution in [3.63, 3.8) is 0 Å². The van der Waals surface area contributed by atoms with E-state index < -0.39 is 0 Å². The van der Waals surface area contributed by atoms with E-state index in [1.165, 1.54) is 0 Å². The number of rotatable bonds is 8. The molecule has 0 fully saturated rings. The van der Waals surface area contributed by atoms with Crippen molar-refractivity contribution < 1.29 is 36.5 Å². The average molecular weight is 539 g/mol. The minimum atomic E-state index is 0. The van der Waals surface area contributed by atoms with Gasteiger partial charge in [-0.25, -0.2) is 0 Å². The molecule has 22 heavy (non-hydrogen) atoms. The molecule has 0 saturated carbocycles. The summed E-state index contributed by atoms with van der Waals surface area (Å²) < 4.78 is 2.07. The van der Waals surface area contributed by atoms with E-state index in [9.17, 15) is 0 Å². The van der Waals surface area contributed by atoms with E-state index in [-0.39, 0.29) is 36.5 Å². The minimum Gasteiger partial charge on any atom is -0.433 e. The molecule has 121 valence electrons. The maximum Gasteiger partial charge on any atom is 2.00 e. The van der Waals surface area contributed by atoms with Crippen LogP contribution in [0.5, 0.6) is 0 Å². The Bertz CT molecular complexity index is 279. The van der Waals surface area contributed by atoms with Crippen molar-refractivity contribution in [2.75, 3.05) is 13.1 Å². The first-order valence-electron chi connectivity index (χ1n) is 5.55. The number of hydrogen-bond donors (Lipinski definition) is 2. The van der Waals surface area contributed by atoms with Gasteiger partial charge in [0.05, 0.1) is 0 Å². The zero-order chi connectivity index (χ0) is 16.0. The topological polar surface area (TPSA) is 24.1 Å². The second kappa shape index (κ2) is 23.0. The molecular weight excluding hydrogens is 525 g/mol. The summed E-state index contributed by atoms with van der Waals surface area (Å²) >= 11 is 37.3. The van der Waals surface area contributed by atoms with Crippen LogP contribution in [0.25, 0.3) is 0 Å². The average Bonchev–Trinajstić information content (AvgIpc) is 2.30. The summed E-state index contributed by atoms with van der Waals surface area (Å²) in [5, 5.41) is 5.68. The fourth-order valence-corrected chi connectivity index (χ4v) is 1.83. The van der Waals surface area contributed by atoms with Gasteiger partial charge in [0.2, 0.25) is 0 Å². The summed E-state index contributed by atoms with van der Waals surface area (Å²) in [4.78, 5) is 0. The molecule has 0 spiro atoms. The van der Waals surface area contributed by atoms with Crippen LogP contribution in [0.1, 0.15) is 25.7 Å². The summed E-state index contributed by atoms with van der Waals surface area (Å²) in [6.45, 7) is 1.55. The standard InChI is InChI=1S/2C5H9NS4.Mn.Zn/c2*7-4(8)2-1-3-6-5(9)10;;/h2*1-3H2,(H,7,8)(H2,6,9,10);;/q;;2*+2/p-4. The predicted molar refractivity (Wildman–Crippen MR) is 114 cm³/mol. The maximum absolute atomic E-state index is 4.70. The Labute approximate surface area is 200 Å². The van der Waals surface area contributed by atoms with Crippen LogP contribution in [-0.4, -0.2) is 30.1 Å². The predicted octanol–water partition coefficient (Wildman–Crippen LogP) is 2.12. The molecule has 0 amide bonds. The number of thiocarbonyl (C=S) groups is 4. The van der Waals surface area contributed by atoms with Gasteiger partial charge >= 0.3 is 36.5 Å². The molecule has 0 aliphatic heterocycles. The van der Waals surface area contributed by atoms with Gasteiger partial charge in [0.15, 0.2) is 0 Å². The van der Waals surface area contributed by atoms with E-state index in [1.807, 2.05) is 0 Å². The minimum absolute atomic E-state index is 0. The molecule has 0 rings (SSSR count). The van der Waals surface area contributed by atoms with Gasteiger partial charge in [0.25, 0.3) is 0 Å². The van der Waals surface area contributed by atoms with Crippen LogP contribution in [0.3, 0.4) is 0 Å². The van der Waals surface area contributed by atoms with Crippen LogP contribution < -0.4 is 10.6 Å². The molecule has 0 unspecified atom stereocenters. The molecule has 0 aromatic carbocycles. The molecule has 2 N–H and O–H groups in total. The van der Waals surface area contributed by atoms with Crippen LogP contribution in [-0.2, 0) is 87.1 Å². The molecule has 0 saturated heterocycles. The van der Waals surface area contributed by atoms with E-state index >= 15 is 0 Å². The van der Waals surface area contributed by atoms with Gasteiger partial charge in [0, 0.05) is 13.1 Å². The first-order chi connectivity index (χ1) is 9.25. The van der Waals surface area contributed by atoms with Crippen molar-refractivity contribution in [2.45, 2.75) is 25.7 Å². The van der Waals surface area contributed by atoms with Crippen molar-refractivity contribution >= 4 is 116 Å². The monoisotopic (exact) mass is 537 g/mol. The van der Waals surface area contributed by atoms with E-state index in [0.717, 1.165) is 38.8 Å². The van der Waals surface area contributed by atoms with Crippen molar-refractivity contribution in [1.82, 2.24) is 10.6 Å². The molecular formula is C10H14MnN2S8Zn. The van der Waals surface area contributed by atoms with E-state index in [1.54, 1.807) is 0 Å². The van der Waals surface area contributed by atoms with Crippen LogP contribution in [0.2, 0.25) is 0 Å². The second-order valence-electron chi connectivity index (χ2n) is 3.38. The largest absolute Gasteiger partial charge is 2.00 e. The van der Waals surface area contributed by atoms with Gasteiger partial charge in [-0.15, -0.1) is 0 Å². The van der Waals surface area contributed by atoms with Crippen LogP contribution in [0.15, 0.2) is 0 Å². The van der Waals surface area contributed by atoms with E-state index in [0.29, 0.717) is 17.0 Å². The Balaban J connectivity index is -0.000000135. The van der Waals surface area contributed by atoms with Gasteiger partial charge in [-0.1, -0.05) is 8.64 Å². The molecule has 0 bridgehead atoms. The summed E-state index contributed by atoms with van der Waals surface area (Å²) in [6, 6.07) is 0. The molecule has 0 aliphatic carbocycles. The first-order valence-corrected chi connectivity index (χ1v) is 8.81. The fourth-order valence-electron chi connectivity index (χ4n) is 0.846. The summed E-state index contributed by atoms with van der Waals surface area (Å²) in [5.74, 6) is 0. The fraction of sp³-hybridized carbons (Fsp3) is 0.600. The molecule has 0 atom stereocenters. The Morgan fingerprint density at radius 1 is 0.682 bits per heavy atom. The smallest absolute Gasteiger partial charge is 0.433 e. The van der Waals surface area contributed by atoms with Crippen molar-refractivity contribution in [3.8, 4) is 0 Å². The van der Waals surface area contributed by atoms with Crippen LogP contribution in [0, 0.1) is 0 Å². The second-order valence-corrected chi connectivity index (χ2v) is 8.02. The number of hydrogen-bond acceptors (Lipinski definition) is 8. The third-order valence-electron chi connectivity index (χ3n) is 1.65. The molecule has 0 heterocycles. The summed E-state index contributed by atoms with van der Waals surface area (Å²) in [7, 11) is 0. The van der Waals surface area contributed by atoms with Crippen molar-refractivity contribution in [2.24, 2.45) is 0 Å². The Kier molecular flexibility index (Phi) is 33.1. The van der Waals surface area contributed by atoms with Crippen molar-refractivity contribution in [3.05, 3.63) is 0 Å². The third-order valence-corrected chi connectivity index (χ3v) is 3.05. The SMILES string of the molecule is S=C([S-])CCCNC(=S)[S-].S=C([S-])CCCNC(=S)[S-].[Mn+2].[Zn+2]. The molecule has 12 heteroatoms. The van der Waals surface area contributed by atoms with Gasteiger partial charge < -0.3 is 110 Å². The quantitative estimate of drug-likeness (QED) is 0.207. The van der Waals surface area contributed by atoms with Crippen LogP contribution in [0.4, 0.5) is 0 Å². The molecule has 0 aromatic heterocycles. The molecule has 0 aliphatic rings. The van der Waals surface area contributed by atoms with Gasteiger partial charge in [-0.2, -0.15) is 8.39 Å². The number of nitrogens with one attached hydrogen (secondary N) is 2. The van der Waals surface area contributed by atoms with Crippen LogP contribution >= 0.6 is 48.9 Å².